The van der Waals surface area contributed by atoms with Crippen LogP contribution < -0.4 is 5.32 Å². The van der Waals surface area contributed by atoms with Crippen LogP contribution in [0.2, 0.25) is 0 Å². The third kappa shape index (κ3) is 2.67. The van der Waals surface area contributed by atoms with Crippen molar-refractivity contribution in [2.24, 2.45) is 5.41 Å². The van der Waals surface area contributed by atoms with Gasteiger partial charge in [-0.3, -0.25) is 4.79 Å². The molecule has 1 saturated carbocycles. The van der Waals surface area contributed by atoms with Crippen molar-refractivity contribution in [3.05, 3.63) is 0 Å². The molecule has 1 amide bonds. The summed E-state index contributed by atoms with van der Waals surface area (Å²) in [5.74, 6) is 0.287. The zero-order chi connectivity index (χ0) is 13.0. The molecule has 1 aliphatic heterocycles. The molecule has 0 aromatic carbocycles. The number of hydrogen-bond acceptors (Lipinski definition) is 3. The lowest BCUT2D eigenvalue weighted by molar-refractivity contribution is -0.144. The molecule has 2 fully saturated rings. The minimum Gasteiger partial charge on any atom is -0.338 e. The highest BCUT2D eigenvalue weighted by Crippen LogP contribution is 2.36. The molecule has 4 heteroatoms. The molecule has 0 spiro atoms. The van der Waals surface area contributed by atoms with E-state index in [4.69, 9.17) is 5.26 Å². The minimum atomic E-state index is -0.212. The van der Waals surface area contributed by atoms with Gasteiger partial charge in [-0.15, -0.1) is 0 Å². The highest BCUT2D eigenvalue weighted by atomic mass is 16.2. The number of hydrogen-bond donors (Lipinski definition) is 1. The van der Waals surface area contributed by atoms with Gasteiger partial charge in [-0.1, -0.05) is 6.92 Å². The second-order valence-electron chi connectivity index (χ2n) is 5.55. The SMILES string of the molecule is CCC1(C(=O)N(CCC#N)C2CC2)CCCNC1. The first-order chi connectivity index (χ1) is 8.73. The van der Waals surface area contributed by atoms with Crippen molar-refractivity contribution in [2.75, 3.05) is 19.6 Å². The molecule has 100 valence electrons. The average molecular weight is 249 g/mol. The van der Waals surface area contributed by atoms with E-state index in [2.05, 4.69) is 18.3 Å². The Kier molecular flexibility index (Phi) is 4.23. The summed E-state index contributed by atoms with van der Waals surface area (Å²) < 4.78 is 0. The maximum atomic E-state index is 12.8. The van der Waals surface area contributed by atoms with Gasteiger partial charge in [0, 0.05) is 19.1 Å². The lowest BCUT2D eigenvalue weighted by atomic mass is 9.77. The zero-order valence-corrected chi connectivity index (χ0v) is 11.2. The van der Waals surface area contributed by atoms with Gasteiger partial charge in [0.05, 0.1) is 17.9 Å². The molecule has 1 unspecified atom stereocenters. The van der Waals surface area contributed by atoms with E-state index >= 15 is 0 Å². The van der Waals surface area contributed by atoms with Gasteiger partial charge in [-0.25, -0.2) is 0 Å². The predicted molar refractivity (Wildman–Crippen MR) is 69.8 cm³/mol. The summed E-state index contributed by atoms with van der Waals surface area (Å²) in [6.45, 7) is 4.55. The summed E-state index contributed by atoms with van der Waals surface area (Å²) in [7, 11) is 0. The third-order valence-corrected chi connectivity index (χ3v) is 4.32. The summed E-state index contributed by atoms with van der Waals surface area (Å²) in [6.07, 6.45) is 5.65. The van der Waals surface area contributed by atoms with E-state index in [1.807, 2.05) is 4.90 Å². The first kappa shape index (κ1) is 13.4. The third-order valence-electron chi connectivity index (χ3n) is 4.32. The van der Waals surface area contributed by atoms with Crippen molar-refractivity contribution in [1.29, 1.82) is 5.26 Å². The van der Waals surface area contributed by atoms with Crippen molar-refractivity contribution in [3.63, 3.8) is 0 Å². The standard InChI is InChI=1S/C14H23N3O/c1-2-14(7-3-9-16-11-14)13(18)17(10-4-8-15)12-5-6-12/h12,16H,2-7,9-11H2,1H3. The molecule has 1 atom stereocenters. The average Bonchev–Trinajstić information content (AvgIpc) is 3.24. The molecule has 0 bridgehead atoms. The van der Waals surface area contributed by atoms with Crippen LogP contribution in [-0.2, 0) is 4.79 Å². The van der Waals surface area contributed by atoms with Gasteiger partial charge in [0.2, 0.25) is 5.91 Å². The number of carbonyl (C=O) groups excluding carboxylic acids is 1. The Morgan fingerprint density at radius 1 is 1.56 bits per heavy atom. The molecule has 1 N–H and O–H groups in total. The maximum absolute atomic E-state index is 12.8. The van der Waals surface area contributed by atoms with Crippen LogP contribution in [0.25, 0.3) is 0 Å². The Bertz CT molecular complexity index is 337. The van der Waals surface area contributed by atoms with Crippen molar-refractivity contribution < 1.29 is 4.79 Å². The summed E-state index contributed by atoms with van der Waals surface area (Å²) in [6, 6.07) is 2.57. The molecule has 4 nitrogen and oxygen atoms in total. The number of amides is 1. The van der Waals surface area contributed by atoms with Crippen LogP contribution in [-0.4, -0.2) is 36.5 Å². The van der Waals surface area contributed by atoms with E-state index in [1.165, 1.54) is 0 Å². The largest absolute Gasteiger partial charge is 0.338 e. The normalized spacial score (nSPS) is 27.6. The topological polar surface area (TPSA) is 56.1 Å². The van der Waals surface area contributed by atoms with Crippen molar-refractivity contribution in [1.82, 2.24) is 10.2 Å². The highest BCUT2D eigenvalue weighted by Gasteiger charge is 2.44. The van der Waals surface area contributed by atoms with Gasteiger partial charge in [-0.05, 0) is 38.6 Å². The number of nitrogens with zero attached hydrogens (tertiary/aromatic N) is 2. The molecule has 0 aromatic rings. The van der Waals surface area contributed by atoms with Crippen LogP contribution in [0.15, 0.2) is 0 Å². The molecular weight excluding hydrogens is 226 g/mol. The second kappa shape index (κ2) is 5.71. The smallest absolute Gasteiger partial charge is 0.230 e. The maximum Gasteiger partial charge on any atom is 0.230 e. The fraction of sp³-hybridized carbons (Fsp3) is 0.857. The molecule has 0 aromatic heterocycles. The Balaban J connectivity index is 2.07. The van der Waals surface area contributed by atoms with E-state index in [0.717, 1.165) is 45.2 Å². The quantitative estimate of drug-likeness (QED) is 0.806. The lowest BCUT2D eigenvalue weighted by Gasteiger charge is -2.39. The van der Waals surface area contributed by atoms with Crippen LogP contribution in [0, 0.1) is 16.7 Å². The highest BCUT2D eigenvalue weighted by molar-refractivity contribution is 5.83. The van der Waals surface area contributed by atoms with Crippen LogP contribution in [0.5, 0.6) is 0 Å². The Hall–Kier alpha value is -1.08. The van der Waals surface area contributed by atoms with E-state index < -0.39 is 0 Å². The van der Waals surface area contributed by atoms with Crippen LogP contribution in [0.1, 0.15) is 45.4 Å². The summed E-state index contributed by atoms with van der Waals surface area (Å²) >= 11 is 0. The van der Waals surface area contributed by atoms with E-state index in [-0.39, 0.29) is 11.3 Å². The van der Waals surface area contributed by atoms with Crippen LogP contribution in [0.3, 0.4) is 0 Å². The molecule has 2 aliphatic rings. The predicted octanol–water partition coefficient (Wildman–Crippen LogP) is 1.67. The lowest BCUT2D eigenvalue weighted by Crippen LogP contribution is -2.52. The Morgan fingerprint density at radius 2 is 2.33 bits per heavy atom. The molecule has 1 aliphatic carbocycles. The Morgan fingerprint density at radius 3 is 2.83 bits per heavy atom. The molecule has 0 radical (unpaired) electrons. The van der Waals surface area contributed by atoms with Crippen molar-refractivity contribution in [2.45, 2.75) is 51.5 Å². The van der Waals surface area contributed by atoms with Crippen LogP contribution >= 0.6 is 0 Å². The number of nitriles is 1. The zero-order valence-electron chi connectivity index (χ0n) is 11.2. The number of nitrogens with one attached hydrogen (secondary N) is 1. The molecule has 1 saturated heterocycles. The summed E-state index contributed by atoms with van der Waals surface area (Å²) in [5.41, 5.74) is -0.212. The number of piperidine rings is 1. The number of carbonyl (C=O) groups is 1. The van der Waals surface area contributed by atoms with Crippen molar-refractivity contribution >= 4 is 5.91 Å². The fourth-order valence-corrected chi connectivity index (χ4v) is 2.91. The molecule has 18 heavy (non-hydrogen) atoms. The molecule has 2 rings (SSSR count). The minimum absolute atomic E-state index is 0.212. The van der Waals surface area contributed by atoms with Gasteiger partial charge in [0.1, 0.15) is 0 Å². The van der Waals surface area contributed by atoms with E-state index in [9.17, 15) is 4.79 Å². The molecule has 1 heterocycles. The van der Waals surface area contributed by atoms with Gasteiger partial charge in [-0.2, -0.15) is 5.26 Å². The van der Waals surface area contributed by atoms with Gasteiger partial charge in [0.15, 0.2) is 0 Å². The second-order valence-corrected chi connectivity index (χ2v) is 5.55. The van der Waals surface area contributed by atoms with E-state index in [1.54, 1.807) is 0 Å². The van der Waals surface area contributed by atoms with E-state index in [0.29, 0.717) is 19.0 Å². The monoisotopic (exact) mass is 249 g/mol. The first-order valence-corrected chi connectivity index (χ1v) is 7.12. The van der Waals surface area contributed by atoms with Crippen molar-refractivity contribution in [3.8, 4) is 6.07 Å². The summed E-state index contributed by atoms with van der Waals surface area (Å²) in [5, 5.41) is 12.1. The Labute approximate surface area is 109 Å². The van der Waals surface area contributed by atoms with Gasteiger partial charge in [0.25, 0.3) is 0 Å². The fourth-order valence-electron chi connectivity index (χ4n) is 2.91. The van der Waals surface area contributed by atoms with Gasteiger partial charge < -0.3 is 10.2 Å². The van der Waals surface area contributed by atoms with Crippen LogP contribution in [0.4, 0.5) is 0 Å². The first-order valence-electron chi connectivity index (χ1n) is 7.12. The van der Waals surface area contributed by atoms with Gasteiger partial charge >= 0.3 is 0 Å². The number of rotatable bonds is 5. The molecular formula is C14H23N3O. The summed E-state index contributed by atoms with van der Waals surface area (Å²) in [4.78, 5) is 14.8.